The molecule has 1 aromatic carbocycles. The van der Waals surface area contributed by atoms with Gasteiger partial charge in [-0.3, -0.25) is 0 Å². The zero-order valence-electron chi connectivity index (χ0n) is 13.1. The number of nitrogens with zero attached hydrogens (tertiary/aromatic N) is 1. The molecule has 0 saturated carbocycles. The van der Waals surface area contributed by atoms with Crippen LogP contribution in [0.3, 0.4) is 0 Å². The highest BCUT2D eigenvalue weighted by atomic mass is 16.4. The quantitative estimate of drug-likeness (QED) is 0.857. The van der Waals surface area contributed by atoms with Crippen LogP contribution in [0.2, 0.25) is 0 Å². The van der Waals surface area contributed by atoms with Crippen molar-refractivity contribution in [1.82, 2.24) is 4.57 Å². The standard InChI is InChI=1S/C17H24N2O2/c1-4-10-19-12(3)13(6-5-9-18)14-8-7-11(2)15(16(14)19)17(20)21/h7-8H,4-6,9-10,18H2,1-3H3,(H,20,21). The molecule has 4 heteroatoms. The minimum Gasteiger partial charge on any atom is -0.478 e. The Labute approximate surface area is 125 Å². The Morgan fingerprint density at radius 2 is 2.05 bits per heavy atom. The molecule has 0 aliphatic rings. The zero-order valence-corrected chi connectivity index (χ0v) is 13.1. The van der Waals surface area contributed by atoms with Crippen LogP contribution in [-0.4, -0.2) is 22.2 Å². The van der Waals surface area contributed by atoms with Gasteiger partial charge in [0.2, 0.25) is 0 Å². The van der Waals surface area contributed by atoms with Crippen LogP contribution in [0, 0.1) is 13.8 Å². The average molecular weight is 288 g/mol. The maximum atomic E-state index is 11.7. The van der Waals surface area contributed by atoms with E-state index >= 15 is 0 Å². The number of aryl methyl sites for hydroxylation is 3. The molecule has 1 aromatic heterocycles. The highest BCUT2D eigenvalue weighted by molar-refractivity contribution is 6.05. The number of carboxylic acids is 1. The summed E-state index contributed by atoms with van der Waals surface area (Å²) in [6, 6.07) is 3.97. The van der Waals surface area contributed by atoms with Crippen molar-refractivity contribution in [3.8, 4) is 0 Å². The first-order valence-corrected chi connectivity index (χ1v) is 7.57. The number of hydrogen-bond acceptors (Lipinski definition) is 2. The molecule has 0 aliphatic carbocycles. The van der Waals surface area contributed by atoms with Gasteiger partial charge in [-0.25, -0.2) is 4.79 Å². The molecule has 0 atom stereocenters. The molecule has 0 fully saturated rings. The maximum Gasteiger partial charge on any atom is 0.338 e. The molecule has 3 N–H and O–H groups in total. The molecule has 2 rings (SSSR count). The predicted octanol–water partition coefficient (Wildman–Crippen LogP) is 3.26. The zero-order chi connectivity index (χ0) is 15.6. The van der Waals surface area contributed by atoms with Crippen LogP contribution in [0.4, 0.5) is 0 Å². The van der Waals surface area contributed by atoms with Gasteiger partial charge in [0.25, 0.3) is 0 Å². The number of carbonyl (C=O) groups is 1. The fourth-order valence-corrected chi connectivity index (χ4v) is 3.11. The Morgan fingerprint density at radius 1 is 1.33 bits per heavy atom. The lowest BCUT2D eigenvalue weighted by molar-refractivity contribution is 0.0698. The van der Waals surface area contributed by atoms with E-state index in [0.717, 1.165) is 42.3 Å². The number of rotatable bonds is 6. The third-order valence-corrected chi connectivity index (χ3v) is 4.11. The van der Waals surface area contributed by atoms with Gasteiger partial charge < -0.3 is 15.4 Å². The first-order valence-electron chi connectivity index (χ1n) is 7.57. The van der Waals surface area contributed by atoms with Gasteiger partial charge in [0.1, 0.15) is 0 Å². The van der Waals surface area contributed by atoms with Crippen LogP contribution in [0.5, 0.6) is 0 Å². The molecular weight excluding hydrogens is 264 g/mol. The largest absolute Gasteiger partial charge is 0.478 e. The van der Waals surface area contributed by atoms with E-state index < -0.39 is 5.97 Å². The molecule has 4 nitrogen and oxygen atoms in total. The van der Waals surface area contributed by atoms with E-state index in [4.69, 9.17) is 5.73 Å². The van der Waals surface area contributed by atoms with E-state index in [9.17, 15) is 9.90 Å². The second-order valence-electron chi connectivity index (χ2n) is 5.57. The minimum absolute atomic E-state index is 0.433. The van der Waals surface area contributed by atoms with Crippen molar-refractivity contribution < 1.29 is 9.90 Å². The van der Waals surface area contributed by atoms with Crippen LogP contribution in [0.25, 0.3) is 10.9 Å². The summed E-state index contributed by atoms with van der Waals surface area (Å²) < 4.78 is 2.16. The number of aromatic carboxylic acids is 1. The molecular formula is C17H24N2O2. The third kappa shape index (κ3) is 2.68. The van der Waals surface area contributed by atoms with Gasteiger partial charge in [-0.05, 0) is 50.8 Å². The van der Waals surface area contributed by atoms with Gasteiger partial charge >= 0.3 is 5.97 Å². The van der Waals surface area contributed by atoms with Gasteiger partial charge in [0, 0.05) is 17.6 Å². The van der Waals surface area contributed by atoms with Crippen LogP contribution in [-0.2, 0) is 13.0 Å². The van der Waals surface area contributed by atoms with Crippen LogP contribution < -0.4 is 5.73 Å². The van der Waals surface area contributed by atoms with Gasteiger partial charge in [0.15, 0.2) is 0 Å². The smallest absolute Gasteiger partial charge is 0.338 e. The lowest BCUT2D eigenvalue weighted by Gasteiger charge is -2.10. The van der Waals surface area contributed by atoms with E-state index in [1.54, 1.807) is 0 Å². The summed E-state index contributed by atoms with van der Waals surface area (Å²) in [5.41, 5.74) is 10.2. The Balaban J connectivity index is 2.80. The van der Waals surface area contributed by atoms with E-state index in [0.29, 0.717) is 12.1 Å². The fourth-order valence-electron chi connectivity index (χ4n) is 3.11. The van der Waals surface area contributed by atoms with Gasteiger partial charge in [-0.15, -0.1) is 0 Å². The lowest BCUT2D eigenvalue weighted by Crippen LogP contribution is -2.06. The van der Waals surface area contributed by atoms with Crippen molar-refractivity contribution in [2.45, 2.75) is 46.6 Å². The summed E-state index contributed by atoms with van der Waals surface area (Å²) >= 11 is 0. The Bertz CT molecular complexity index is 671. The van der Waals surface area contributed by atoms with Crippen molar-refractivity contribution in [1.29, 1.82) is 0 Å². The second kappa shape index (κ2) is 6.31. The van der Waals surface area contributed by atoms with Gasteiger partial charge in [-0.1, -0.05) is 19.1 Å². The molecule has 1 heterocycles. The Hall–Kier alpha value is -1.81. The lowest BCUT2D eigenvalue weighted by atomic mass is 10.0. The van der Waals surface area contributed by atoms with E-state index in [-0.39, 0.29) is 0 Å². The van der Waals surface area contributed by atoms with Crippen molar-refractivity contribution in [3.63, 3.8) is 0 Å². The van der Waals surface area contributed by atoms with Crippen molar-refractivity contribution in [3.05, 3.63) is 34.5 Å². The van der Waals surface area contributed by atoms with E-state index in [2.05, 4.69) is 24.5 Å². The monoisotopic (exact) mass is 288 g/mol. The molecule has 0 aliphatic heterocycles. The number of benzene rings is 1. The first-order chi connectivity index (χ1) is 10.0. The molecule has 0 unspecified atom stereocenters. The van der Waals surface area contributed by atoms with Crippen molar-refractivity contribution in [2.24, 2.45) is 5.73 Å². The predicted molar refractivity (Wildman–Crippen MR) is 86.0 cm³/mol. The number of fused-ring (bicyclic) bond motifs is 1. The summed E-state index contributed by atoms with van der Waals surface area (Å²) in [7, 11) is 0. The highest BCUT2D eigenvalue weighted by Gasteiger charge is 2.20. The molecule has 114 valence electrons. The van der Waals surface area contributed by atoms with Crippen LogP contribution >= 0.6 is 0 Å². The number of aromatic nitrogens is 1. The second-order valence-corrected chi connectivity index (χ2v) is 5.57. The first kappa shape index (κ1) is 15.6. The fraction of sp³-hybridized carbons (Fsp3) is 0.471. The Morgan fingerprint density at radius 3 is 2.62 bits per heavy atom. The van der Waals surface area contributed by atoms with Crippen molar-refractivity contribution >= 4 is 16.9 Å². The van der Waals surface area contributed by atoms with Crippen LogP contribution in [0.1, 0.15) is 46.9 Å². The molecule has 21 heavy (non-hydrogen) atoms. The highest BCUT2D eigenvalue weighted by Crippen LogP contribution is 2.31. The average Bonchev–Trinajstić information content (AvgIpc) is 2.69. The van der Waals surface area contributed by atoms with Gasteiger partial charge in [0.05, 0.1) is 11.1 Å². The van der Waals surface area contributed by atoms with E-state index in [1.165, 1.54) is 11.3 Å². The summed E-state index contributed by atoms with van der Waals surface area (Å²) in [4.78, 5) is 11.7. The Kier molecular flexibility index (Phi) is 4.68. The number of carboxylic acid groups (broad SMARTS) is 1. The van der Waals surface area contributed by atoms with E-state index in [1.807, 2.05) is 13.0 Å². The van der Waals surface area contributed by atoms with Crippen molar-refractivity contribution in [2.75, 3.05) is 6.54 Å². The number of nitrogens with two attached hydrogens (primary N) is 1. The van der Waals surface area contributed by atoms with Gasteiger partial charge in [-0.2, -0.15) is 0 Å². The SMILES string of the molecule is CCCn1c(C)c(CCCN)c2ccc(C)c(C(=O)O)c21. The topological polar surface area (TPSA) is 68.2 Å². The number of hydrogen-bond donors (Lipinski definition) is 2. The minimum atomic E-state index is -0.849. The molecule has 0 amide bonds. The maximum absolute atomic E-state index is 11.7. The van der Waals surface area contributed by atoms with Crippen LogP contribution in [0.15, 0.2) is 12.1 Å². The normalized spacial score (nSPS) is 11.2. The molecule has 0 spiro atoms. The third-order valence-electron chi connectivity index (χ3n) is 4.11. The molecule has 2 aromatic rings. The summed E-state index contributed by atoms with van der Waals surface area (Å²) in [5, 5.41) is 10.7. The molecule has 0 bridgehead atoms. The summed E-state index contributed by atoms with van der Waals surface area (Å²) in [6.07, 6.45) is 2.80. The molecule has 0 saturated heterocycles. The summed E-state index contributed by atoms with van der Waals surface area (Å²) in [6.45, 7) is 7.55. The molecule has 0 radical (unpaired) electrons. The summed E-state index contributed by atoms with van der Waals surface area (Å²) in [5.74, 6) is -0.849.